The molecule has 0 unspecified atom stereocenters. The molecule has 0 aliphatic rings. The molecule has 0 saturated carbocycles. The van der Waals surface area contributed by atoms with Crippen LogP contribution in [0.15, 0.2) is 16.3 Å². The van der Waals surface area contributed by atoms with Crippen LogP contribution in [0, 0.1) is 0 Å². The number of hydrogen-bond donors (Lipinski definition) is 2. The van der Waals surface area contributed by atoms with Crippen molar-refractivity contribution in [1.82, 2.24) is 4.90 Å². The molecule has 0 aliphatic heterocycles. The van der Waals surface area contributed by atoms with Gasteiger partial charge in [0.1, 0.15) is 0 Å². The lowest BCUT2D eigenvalue weighted by Crippen LogP contribution is -2.11. The van der Waals surface area contributed by atoms with Gasteiger partial charge in [-0.05, 0) is 5.41 Å². The zero-order chi connectivity index (χ0) is 7.28. The smallest absolute Gasteiger partial charge is 0.0899 e. The van der Waals surface area contributed by atoms with Crippen LogP contribution in [0.25, 0.3) is 0 Å². The van der Waals surface area contributed by atoms with Crippen molar-refractivity contribution in [1.29, 1.82) is 0 Å². The third-order valence-corrected chi connectivity index (χ3v) is 1.10. The van der Waals surface area contributed by atoms with Crippen molar-refractivity contribution in [2.45, 2.75) is 0 Å². The topological polar surface area (TPSA) is 35.8 Å². The molecule has 1 N–H and O–H groups in total. The van der Waals surface area contributed by atoms with E-state index in [0.29, 0.717) is 0 Å². The lowest BCUT2D eigenvalue weighted by molar-refractivity contribution is 0.320. The molecule has 0 spiro atoms. The van der Waals surface area contributed by atoms with Gasteiger partial charge in [0, 0.05) is 14.1 Å². The summed E-state index contributed by atoms with van der Waals surface area (Å²) in [6.07, 6.45) is 1.31. The second-order valence-corrected chi connectivity index (χ2v) is 1.95. The Balaban J connectivity index is 4.01. The van der Waals surface area contributed by atoms with Crippen LogP contribution in [0.1, 0.15) is 0 Å². The molecule has 52 valence electrons. The van der Waals surface area contributed by atoms with Crippen LogP contribution in [0.5, 0.6) is 0 Å². The van der Waals surface area contributed by atoms with Gasteiger partial charge < -0.3 is 10.1 Å². The minimum absolute atomic E-state index is 0.751. The highest BCUT2D eigenvalue weighted by Gasteiger charge is 1.91. The number of thiol groups is 1. The molecular weight excluding hydrogens is 136 g/mol. The van der Waals surface area contributed by atoms with Gasteiger partial charge in [-0.15, -0.1) is 12.6 Å². The summed E-state index contributed by atoms with van der Waals surface area (Å²) in [5, 5.41) is 12.5. The summed E-state index contributed by atoms with van der Waals surface area (Å²) in [7, 11) is 3.67. The average molecular weight is 146 g/mol. The minimum atomic E-state index is 0.751. The maximum atomic E-state index is 8.08. The van der Waals surface area contributed by atoms with Crippen LogP contribution >= 0.6 is 12.6 Å². The summed E-state index contributed by atoms with van der Waals surface area (Å²) in [5.41, 5.74) is 0.751. The maximum Gasteiger partial charge on any atom is 0.0899 e. The zero-order valence-electron chi connectivity index (χ0n) is 5.44. The molecule has 4 heteroatoms. The molecule has 0 aromatic carbocycles. The highest BCUT2D eigenvalue weighted by atomic mass is 32.1. The Morgan fingerprint density at radius 3 is 2.33 bits per heavy atom. The number of allylic oxidation sites excluding steroid dienone is 1. The number of rotatable bonds is 2. The molecule has 0 saturated heterocycles. The number of nitrogens with zero attached hydrogens (tertiary/aromatic N) is 2. The second kappa shape index (κ2) is 4.26. The zero-order valence-corrected chi connectivity index (χ0v) is 6.34. The normalized spacial score (nSPS) is 12.6. The summed E-state index contributed by atoms with van der Waals surface area (Å²) < 4.78 is 0. The van der Waals surface area contributed by atoms with Crippen molar-refractivity contribution in [2.75, 3.05) is 14.1 Å². The van der Waals surface area contributed by atoms with Crippen LogP contribution in [0.3, 0.4) is 0 Å². The Hall–Kier alpha value is -0.640. The van der Waals surface area contributed by atoms with E-state index < -0.39 is 0 Å². The molecule has 9 heavy (non-hydrogen) atoms. The van der Waals surface area contributed by atoms with Gasteiger partial charge in [0.25, 0.3) is 0 Å². The molecule has 0 amide bonds. The van der Waals surface area contributed by atoms with Crippen LogP contribution in [0.2, 0.25) is 0 Å². The summed E-state index contributed by atoms with van der Waals surface area (Å²) in [4.78, 5) is 1.78. The van der Waals surface area contributed by atoms with Crippen LogP contribution < -0.4 is 0 Å². The predicted octanol–water partition coefficient (Wildman–Crippen LogP) is 0.779. The SMILES string of the molecule is CN(C)C(=C\S)/C=N/O. The summed E-state index contributed by atoms with van der Waals surface area (Å²) in [5.74, 6) is 0. The second-order valence-electron chi connectivity index (χ2n) is 1.69. The first-order valence-corrected chi connectivity index (χ1v) is 2.93. The van der Waals surface area contributed by atoms with E-state index in [0.717, 1.165) is 5.70 Å². The number of hydrogen-bond acceptors (Lipinski definition) is 4. The van der Waals surface area contributed by atoms with Crippen LogP contribution in [-0.4, -0.2) is 30.4 Å². The fourth-order valence-corrected chi connectivity index (χ4v) is 0.621. The first-order valence-electron chi connectivity index (χ1n) is 2.41. The van der Waals surface area contributed by atoms with Crippen LogP contribution in [0.4, 0.5) is 0 Å². The Morgan fingerprint density at radius 1 is 1.67 bits per heavy atom. The van der Waals surface area contributed by atoms with E-state index in [1.807, 2.05) is 14.1 Å². The fraction of sp³-hybridized carbons (Fsp3) is 0.400. The van der Waals surface area contributed by atoms with E-state index in [2.05, 4.69) is 17.8 Å². The Kier molecular flexibility index (Phi) is 3.96. The quantitative estimate of drug-likeness (QED) is 0.261. The maximum absolute atomic E-state index is 8.08. The summed E-state index contributed by atoms with van der Waals surface area (Å²) in [6.45, 7) is 0. The van der Waals surface area contributed by atoms with Gasteiger partial charge in [-0.1, -0.05) is 5.16 Å². The molecular formula is C5H10N2OS. The molecule has 0 aromatic rings. The molecule has 0 radical (unpaired) electrons. The van der Waals surface area contributed by atoms with Crippen molar-refractivity contribution in [2.24, 2.45) is 5.16 Å². The number of oxime groups is 1. The fourth-order valence-electron chi connectivity index (χ4n) is 0.323. The summed E-state index contributed by atoms with van der Waals surface area (Å²) >= 11 is 3.88. The largest absolute Gasteiger partial charge is 0.411 e. The van der Waals surface area contributed by atoms with Gasteiger partial charge in [-0.2, -0.15) is 0 Å². The minimum Gasteiger partial charge on any atom is -0.411 e. The monoisotopic (exact) mass is 146 g/mol. The molecule has 0 aliphatic carbocycles. The average Bonchev–Trinajstić information content (AvgIpc) is 1.82. The van der Waals surface area contributed by atoms with Gasteiger partial charge in [0.15, 0.2) is 0 Å². The Morgan fingerprint density at radius 2 is 2.22 bits per heavy atom. The van der Waals surface area contributed by atoms with Gasteiger partial charge in [0.05, 0.1) is 11.9 Å². The molecule has 0 aromatic heterocycles. The molecule has 0 atom stereocenters. The first kappa shape index (κ1) is 8.36. The highest BCUT2D eigenvalue weighted by Crippen LogP contribution is 1.95. The summed E-state index contributed by atoms with van der Waals surface area (Å²) in [6, 6.07) is 0. The molecule has 0 bridgehead atoms. The van der Waals surface area contributed by atoms with E-state index >= 15 is 0 Å². The van der Waals surface area contributed by atoms with Crippen LogP contribution in [-0.2, 0) is 0 Å². The third-order valence-electron chi connectivity index (χ3n) is 0.839. The Labute approximate surface area is 60.1 Å². The third kappa shape index (κ3) is 3.03. The van der Waals surface area contributed by atoms with Gasteiger partial charge in [-0.3, -0.25) is 0 Å². The van der Waals surface area contributed by atoms with E-state index in [-0.39, 0.29) is 0 Å². The van der Waals surface area contributed by atoms with E-state index in [4.69, 9.17) is 5.21 Å². The van der Waals surface area contributed by atoms with Crippen molar-refractivity contribution in [3.63, 3.8) is 0 Å². The van der Waals surface area contributed by atoms with Gasteiger partial charge in [-0.25, -0.2) is 0 Å². The predicted molar refractivity (Wildman–Crippen MR) is 41.0 cm³/mol. The highest BCUT2D eigenvalue weighted by molar-refractivity contribution is 7.83. The van der Waals surface area contributed by atoms with Gasteiger partial charge >= 0.3 is 0 Å². The lowest BCUT2D eigenvalue weighted by Gasteiger charge is -2.10. The van der Waals surface area contributed by atoms with E-state index in [1.54, 1.807) is 10.3 Å². The molecule has 0 heterocycles. The van der Waals surface area contributed by atoms with Crippen molar-refractivity contribution in [3.05, 3.63) is 11.1 Å². The van der Waals surface area contributed by atoms with E-state index in [1.165, 1.54) is 6.21 Å². The van der Waals surface area contributed by atoms with Crippen molar-refractivity contribution >= 4 is 18.8 Å². The van der Waals surface area contributed by atoms with E-state index in [9.17, 15) is 0 Å². The molecule has 0 fully saturated rings. The first-order chi connectivity index (χ1) is 4.22. The van der Waals surface area contributed by atoms with Crippen molar-refractivity contribution < 1.29 is 5.21 Å². The standard InChI is InChI=1S/C5H10N2OS/c1-7(2)5(4-9)3-6-8/h3-4,8-9H,1-2H3/b5-4-,6-3+. The molecule has 0 rings (SSSR count). The lowest BCUT2D eigenvalue weighted by atomic mass is 10.5. The van der Waals surface area contributed by atoms with Crippen molar-refractivity contribution in [3.8, 4) is 0 Å². The van der Waals surface area contributed by atoms with Gasteiger partial charge in [0.2, 0.25) is 0 Å². The molecule has 3 nitrogen and oxygen atoms in total. The Bertz CT molecular complexity index is 131.